The van der Waals surface area contributed by atoms with Gasteiger partial charge in [0.15, 0.2) is 5.13 Å². The summed E-state index contributed by atoms with van der Waals surface area (Å²) in [6.07, 6.45) is 3.10. The molecule has 2 N–H and O–H groups in total. The summed E-state index contributed by atoms with van der Waals surface area (Å²) < 4.78 is 6.10. The van der Waals surface area contributed by atoms with Crippen LogP contribution in [0.4, 0.5) is 15.6 Å². The summed E-state index contributed by atoms with van der Waals surface area (Å²) in [6, 6.07) is 8.71. The average Bonchev–Trinajstić information content (AvgIpc) is 2.90. The number of urea groups is 1. The fraction of sp³-hybridized carbons (Fsp3) is 0.0714. The van der Waals surface area contributed by atoms with Crippen molar-refractivity contribution >= 4 is 38.4 Å². The maximum Gasteiger partial charge on any atom is 0.325 e. The van der Waals surface area contributed by atoms with Gasteiger partial charge in [-0.2, -0.15) is 0 Å². The molecule has 0 fully saturated rings. The standard InChI is InChI=1S/C14H12N4O2S/c1-20-10-6-9(7-16-8-10)18(13(15)19)14-17-11-4-2-3-5-12(11)21-14/h2-8H,1H3,(H2,15,19). The molecule has 0 spiro atoms. The highest BCUT2D eigenvalue weighted by atomic mass is 32.1. The first-order valence-corrected chi connectivity index (χ1v) is 6.95. The number of fused-ring (bicyclic) bond motifs is 1. The van der Waals surface area contributed by atoms with E-state index in [0.29, 0.717) is 16.6 Å². The van der Waals surface area contributed by atoms with Crippen LogP contribution in [-0.2, 0) is 0 Å². The number of hydrogen-bond donors (Lipinski definition) is 1. The Morgan fingerprint density at radius 3 is 2.86 bits per heavy atom. The molecular formula is C14H12N4O2S. The molecule has 0 aliphatic heterocycles. The second kappa shape index (κ2) is 5.37. The van der Waals surface area contributed by atoms with Gasteiger partial charge in [0.05, 0.1) is 35.4 Å². The van der Waals surface area contributed by atoms with Crippen LogP contribution in [-0.4, -0.2) is 23.1 Å². The summed E-state index contributed by atoms with van der Waals surface area (Å²) in [7, 11) is 1.53. The van der Waals surface area contributed by atoms with E-state index in [9.17, 15) is 4.79 Å². The van der Waals surface area contributed by atoms with Gasteiger partial charge in [-0.25, -0.2) is 14.7 Å². The first-order valence-electron chi connectivity index (χ1n) is 6.13. The summed E-state index contributed by atoms with van der Waals surface area (Å²) in [4.78, 5) is 21.6. The van der Waals surface area contributed by atoms with Crippen LogP contribution in [0.15, 0.2) is 42.7 Å². The van der Waals surface area contributed by atoms with Gasteiger partial charge in [0.1, 0.15) is 5.75 Å². The molecule has 0 aliphatic carbocycles. The molecule has 6 nitrogen and oxygen atoms in total. The molecule has 0 unspecified atom stereocenters. The van der Waals surface area contributed by atoms with E-state index < -0.39 is 6.03 Å². The molecule has 0 atom stereocenters. The third-order valence-corrected chi connectivity index (χ3v) is 3.91. The number of carbonyl (C=O) groups excluding carboxylic acids is 1. The molecule has 3 aromatic rings. The molecule has 21 heavy (non-hydrogen) atoms. The van der Waals surface area contributed by atoms with Crippen molar-refractivity contribution in [3.05, 3.63) is 42.7 Å². The second-order valence-electron chi connectivity index (χ2n) is 4.22. The Labute approximate surface area is 124 Å². The second-order valence-corrected chi connectivity index (χ2v) is 5.23. The number of thiazole rings is 1. The molecule has 0 radical (unpaired) electrons. The average molecular weight is 300 g/mol. The zero-order valence-electron chi connectivity index (χ0n) is 11.2. The van der Waals surface area contributed by atoms with Crippen LogP contribution in [0.3, 0.4) is 0 Å². The highest BCUT2D eigenvalue weighted by Crippen LogP contribution is 2.33. The fourth-order valence-electron chi connectivity index (χ4n) is 1.93. The molecule has 7 heteroatoms. The number of methoxy groups -OCH3 is 1. The highest BCUT2D eigenvalue weighted by Gasteiger charge is 2.20. The zero-order chi connectivity index (χ0) is 14.8. The van der Waals surface area contributed by atoms with Gasteiger partial charge < -0.3 is 10.5 Å². The Hall–Kier alpha value is -2.67. The van der Waals surface area contributed by atoms with Gasteiger partial charge in [-0.3, -0.25) is 4.98 Å². The number of nitrogens with two attached hydrogens (primary N) is 1. The lowest BCUT2D eigenvalue weighted by Gasteiger charge is -2.17. The molecular weight excluding hydrogens is 288 g/mol. The lowest BCUT2D eigenvalue weighted by atomic mass is 10.3. The van der Waals surface area contributed by atoms with Gasteiger partial charge in [-0.05, 0) is 12.1 Å². The first-order chi connectivity index (χ1) is 10.2. The van der Waals surface area contributed by atoms with E-state index in [4.69, 9.17) is 10.5 Å². The fourth-order valence-corrected chi connectivity index (χ4v) is 2.92. The Bertz CT molecular complexity index is 769. The van der Waals surface area contributed by atoms with Crippen molar-refractivity contribution in [2.24, 2.45) is 5.73 Å². The number of aromatic nitrogens is 2. The predicted octanol–water partition coefficient (Wildman–Crippen LogP) is 2.92. The number of para-hydroxylation sites is 1. The minimum atomic E-state index is -0.621. The van der Waals surface area contributed by atoms with Crippen molar-refractivity contribution in [1.82, 2.24) is 9.97 Å². The zero-order valence-corrected chi connectivity index (χ0v) is 12.0. The number of ether oxygens (including phenoxy) is 1. The van der Waals surface area contributed by atoms with E-state index >= 15 is 0 Å². The number of amides is 2. The number of pyridine rings is 1. The monoisotopic (exact) mass is 300 g/mol. The van der Waals surface area contributed by atoms with Gasteiger partial charge in [0, 0.05) is 6.07 Å². The number of benzene rings is 1. The van der Waals surface area contributed by atoms with Crippen LogP contribution in [0.2, 0.25) is 0 Å². The summed E-state index contributed by atoms with van der Waals surface area (Å²) in [5.41, 5.74) is 6.83. The minimum absolute atomic E-state index is 0.499. The molecule has 1 aromatic carbocycles. The summed E-state index contributed by atoms with van der Waals surface area (Å²) >= 11 is 1.39. The van der Waals surface area contributed by atoms with E-state index in [2.05, 4.69) is 9.97 Å². The summed E-state index contributed by atoms with van der Waals surface area (Å²) in [5.74, 6) is 0.542. The van der Waals surface area contributed by atoms with Crippen molar-refractivity contribution in [3.8, 4) is 5.75 Å². The van der Waals surface area contributed by atoms with Crippen LogP contribution >= 0.6 is 11.3 Å². The number of primary amides is 1. The van der Waals surface area contributed by atoms with E-state index in [1.807, 2.05) is 24.3 Å². The molecule has 0 saturated heterocycles. The van der Waals surface area contributed by atoms with E-state index in [1.165, 1.54) is 23.3 Å². The molecule has 0 aliphatic rings. The van der Waals surface area contributed by atoms with Gasteiger partial charge in [-0.1, -0.05) is 23.5 Å². The normalized spacial score (nSPS) is 10.5. The maximum absolute atomic E-state index is 11.8. The van der Waals surface area contributed by atoms with E-state index in [-0.39, 0.29) is 0 Å². The van der Waals surface area contributed by atoms with E-state index in [1.54, 1.807) is 18.5 Å². The van der Waals surface area contributed by atoms with Crippen molar-refractivity contribution in [3.63, 3.8) is 0 Å². The van der Waals surface area contributed by atoms with Crippen LogP contribution < -0.4 is 15.4 Å². The van der Waals surface area contributed by atoms with Crippen molar-refractivity contribution in [1.29, 1.82) is 0 Å². The summed E-state index contributed by atoms with van der Waals surface area (Å²) in [5, 5.41) is 0.499. The first kappa shape index (κ1) is 13.3. The maximum atomic E-state index is 11.8. The molecule has 2 heterocycles. The Morgan fingerprint density at radius 1 is 1.33 bits per heavy atom. The summed E-state index contributed by atoms with van der Waals surface area (Å²) in [6.45, 7) is 0. The highest BCUT2D eigenvalue weighted by molar-refractivity contribution is 7.22. The lowest BCUT2D eigenvalue weighted by Crippen LogP contribution is -2.31. The van der Waals surface area contributed by atoms with Crippen LogP contribution in [0.25, 0.3) is 10.2 Å². The van der Waals surface area contributed by atoms with Crippen LogP contribution in [0.5, 0.6) is 5.75 Å². The minimum Gasteiger partial charge on any atom is -0.495 e. The molecule has 3 rings (SSSR count). The van der Waals surface area contributed by atoms with Gasteiger partial charge in [0.25, 0.3) is 0 Å². The third-order valence-electron chi connectivity index (χ3n) is 2.89. The Kier molecular flexibility index (Phi) is 3.41. The topological polar surface area (TPSA) is 81.3 Å². The van der Waals surface area contributed by atoms with Crippen molar-refractivity contribution < 1.29 is 9.53 Å². The van der Waals surface area contributed by atoms with Gasteiger partial charge >= 0.3 is 6.03 Å². The Balaban J connectivity index is 2.10. The SMILES string of the molecule is COc1cncc(N(C(N)=O)c2nc3ccccc3s2)c1. The smallest absolute Gasteiger partial charge is 0.325 e. The molecule has 0 bridgehead atoms. The lowest BCUT2D eigenvalue weighted by molar-refractivity contribution is 0.256. The molecule has 2 amide bonds. The third kappa shape index (κ3) is 2.50. The number of carbonyl (C=O) groups is 1. The quantitative estimate of drug-likeness (QED) is 0.806. The number of rotatable bonds is 3. The van der Waals surface area contributed by atoms with Crippen LogP contribution in [0.1, 0.15) is 0 Å². The molecule has 106 valence electrons. The predicted molar refractivity (Wildman–Crippen MR) is 82.1 cm³/mol. The Morgan fingerprint density at radius 2 is 2.14 bits per heavy atom. The molecule has 0 saturated carbocycles. The number of hydrogen-bond acceptors (Lipinski definition) is 5. The molecule has 2 aromatic heterocycles. The van der Waals surface area contributed by atoms with Crippen molar-refractivity contribution in [2.75, 3.05) is 12.0 Å². The van der Waals surface area contributed by atoms with Gasteiger partial charge in [-0.15, -0.1) is 0 Å². The number of anilines is 2. The van der Waals surface area contributed by atoms with Gasteiger partial charge in [0.2, 0.25) is 0 Å². The van der Waals surface area contributed by atoms with Crippen LogP contribution in [0, 0.1) is 0 Å². The van der Waals surface area contributed by atoms with Crippen molar-refractivity contribution in [2.45, 2.75) is 0 Å². The van der Waals surface area contributed by atoms with E-state index in [0.717, 1.165) is 10.2 Å². The number of nitrogens with zero attached hydrogens (tertiary/aromatic N) is 3. The largest absolute Gasteiger partial charge is 0.495 e.